The molecule has 1 unspecified atom stereocenters. The van der Waals surface area contributed by atoms with Crippen LogP contribution in [0.2, 0.25) is 0 Å². The van der Waals surface area contributed by atoms with Crippen molar-refractivity contribution in [3.05, 3.63) is 17.8 Å². The summed E-state index contributed by atoms with van der Waals surface area (Å²) >= 11 is 0. The number of nitrogens with one attached hydrogen (secondary N) is 1. The van der Waals surface area contributed by atoms with Gasteiger partial charge in [0, 0.05) is 6.54 Å². The van der Waals surface area contributed by atoms with Crippen LogP contribution in [0.3, 0.4) is 0 Å². The monoisotopic (exact) mass is 252 g/mol. The number of nitriles is 1. The number of hydrogen-bond donors (Lipinski definition) is 1. The maximum absolute atomic E-state index is 11.3. The minimum atomic E-state index is -2.86. The molecule has 0 saturated carbocycles. The molecule has 6 nitrogen and oxygen atoms in total. The van der Waals surface area contributed by atoms with E-state index in [0.29, 0.717) is 24.3 Å². The smallest absolute Gasteiger partial charge is 0.166 e. The van der Waals surface area contributed by atoms with Crippen LogP contribution in [-0.4, -0.2) is 36.7 Å². The van der Waals surface area contributed by atoms with Crippen molar-refractivity contribution in [3.63, 3.8) is 0 Å². The van der Waals surface area contributed by atoms with Gasteiger partial charge in [-0.3, -0.25) is 0 Å². The summed E-state index contributed by atoms with van der Waals surface area (Å²) in [5, 5.41) is 19.3. The second kappa shape index (κ2) is 4.67. The molecule has 1 N–H and O–H groups in total. The standard InChI is InChI=1S/C10H12N4O2S/c11-5-9-1-3-13-14-10(9)12-6-8-2-4-17(15,16)7-8/h1,3,8H,2,4,6-7H2,(H,12,14). The van der Waals surface area contributed by atoms with E-state index >= 15 is 0 Å². The van der Waals surface area contributed by atoms with Gasteiger partial charge >= 0.3 is 0 Å². The Morgan fingerprint density at radius 1 is 1.59 bits per heavy atom. The topological polar surface area (TPSA) is 95.7 Å². The molecular formula is C10H12N4O2S. The first-order valence-corrected chi connectivity index (χ1v) is 7.09. The largest absolute Gasteiger partial charge is 0.367 e. The van der Waals surface area contributed by atoms with E-state index in [4.69, 9.17) is 5.26 Å². The fourth-order valence-corrected chi connectivity index (χ4v) is 3.69. The molecule has 17 heavy (non-hydrogen) atoms. The lowest BCUT2D eigenvalue weighted by molar-refractivity contribution is 0.595. The maximum atomic E-state index is 11.3. The van der Waals surface area contributed by atoms with Gasteiger partial charge < -0.3 is 5.32 Å². The van der Waals surface area contributed by atoms with Gasteiger partial charge in [-0.05, 0) is 18.4 Å². The summed E-state index contributed by atoms with van der Waals surface area (Å²) in [4.78, 5) is 0. The lowest BCUT2D eigenvalue weighted by Gasteiger charge is -2.10. The number of hydrogen-bond acceptors (Lipinski definition) is 6. The van der Waals surface area contributed by atoms with Gasteiger partial charge in [-0.15, -0.1) is 5.10 Å². The van der Waals surface area contributed by atoms with Gasteiger partial charge in [-0.2, -0.15) is 10.4 Å². The third-order valence-electron chi connectivity index (χ3n) is 2.73. The minimum Gasteiger partial charge on any atom is -0.367 e. The highest BCUT2D eigenvalue weighted by molar-refractivity contribution is 7.91. The third-order valence-corrected chi connectivity index (χ3v) is 4.56. The second-order valence-corrected chi connectivity index (χ2v) is 6.28. The Morgan fingerprint density at radius 3 is 3.06 bits per heavy atom. The van der Waals surface area contributed by atoms with Crippen molar-refractivity contribution in [2.24, 2.45) is 5.92 Å². The molecule has 1 aliphatic rings. The summed E-state index contributed by atoms with van der Waals surface area (Å²) in [5.74, 6) is 0.973. The van der Waals surface area contributed by atoms with E-state index in [-0.39, 0.29) is 17.4 Å². The average molecular weight is 252 g/mol. The highest BCUT2D eigenvalue weighted by Crippen LogP contribution is 2.19. The Bertz CT molecular complexity index is 550. The van der Waals surface area contributed by atoms with Crippen LogP contribution >= 0.6 is 0 Å². The quantitative estimate of drug-likeness (QED) is 0.825. The molecule has 0 aromatic carbocycles. The normalized spacial score (nSPS) is 21.9. The first-order valence-electron chi connectivity index (χ1n) is 5.27. The van der Waals surface area contributed by atoms with Gasteiger partial charge in [0.2, 0.25) is 0 Å². The van der Waals surface area contributed by atoms with Crippen molar-refractivity contribution in [3.8, 4) is 6.07 Å². The van der Waals surface area contributed by atoms with E-state index in [0.717, 1.165) is 0 Å². The van der Waals surface area contributed by atoms with E-state index in [9.17, 15) is 8.42 Å². The highest BCUT2D eigenvalue weighted by atomic mass is 32.2. The predicted octanol–water partition coefficient (Wildman–Crippen LogP) is 0.195. The van der Waals surface area contributed by atoms with Gasteiger partial charge in [0.1, 0.15) is 6.07 Å². The van der Waals surface area contributed by atoms with E-state index in [1.807, 2.05) is 6.07 Å². The molecule has 1 saturated heterocycles. The lowest BCUT2D eigenvalue weighted by Crippen LogP contribution is -2.17. The molecule has 0 aliphatic carbocycles. The zero-order valence-corrected chi connectivity index (χ0v) is 9.94. The number of sulfone groups is 1. The molecule has 1 aliphatic heterocycles. The molecule has 90 valence electrons. The summed E-state index contributed by atoms with van der Waals surface area (Å²) in [6.07, 6.45) is 2.11. The summed E-state index contributed by atoms with van der Waals surface area (Å²) in [6.45, 7) is 0.507. The zero-order valence-electron chi connectivity index (χ0n) is 9.13. The van der Waals surface area contributed by atoms with Crippen molar-refractivity contribution in [2.75, 3.05) is 23.4 Å². The van der Waals surface area contributed by atoms with Crippen LogP contribution in [0.5, 0.6) is 0 Å². The van der Waals surface area contributed by atoms with Gasteiger partial charge in [-0.25, -0.2) is 8.42 Å². The van der Waals surface area contributed by atoms with Crippen LogP contribution in [0.15, 0.2) is 12.3 Å². The third kappa shape index (κ3) is 2.91. The summed E-state index contributed by atoms with van der Waals surface area (Å²) in [5.41, 5.74) is 0.417. The Balaban J connectivity index is 1.97. The van der Waals surface area contributed by atoms with Gasteiger partial charge in [0.05, 0.1) is 23.3 Å². The molecule has 1 aromatic rings. The average Bonchev–Trinajstić information content (AvgIpc) is 2.67. The molecule has 0 bridgehead atoms. The maximum Gasteiger partial charge on any atom is 0.166 e. The minimum absolute atomic E-state index is 0.0912. The summed E-state index contributed by atoms with van der Waals surface area (Å²) in [7, 11) is -2.86. The number of rotatable bonds is 3. The zero-order chi connectivity index (χ0) is 12.3. The van der Waals surface area contributed by atoms with E-state index in [2.05, 4.69) is 15.5 Å². The molecule has 1 atom stereocenters. The lowest BCUT2D eigenvalue weighted by atomic mass is 10.1. The van der Waals surface area contributed by atoms with Gasteiger partial charge in [0.15, 0.2) is 15.7 Å². The number of nitrogens with zero attached hydrogens (tertiary/aromatic N) is 3. The van der Waals surface area contributed by atoms with E-state index in [1.165, 1.54) is 6.20 Å². The van der Waals surface area contributed by atoms with Crippen LogP contribution in [0.4, 0.5) is 5.82 Å². The van der Waals surface area contributed by atoms with Crippen molar-refractivity contribution in [1.82, 2.24) is 10.2 Å². The molecule has 0 spiro atoms. The molecule has 1 fully saturated rings. The first kappa shape index (κ1) is 11.8. The molecule has 2 heterocycles. The van der Waals surface area contributed by atoms with Crippen LogP contribution in [0.25, 0.3) is 0 Å². The second-order valence-electron chi connectivity index (χ2n) is 4.06. The van der Waals surface area contributed by atoms with E-state index < -0.39 is 9.84 Å². The van der Waals surface area contributed by atoms with Gasteiger partial charge in [-0.1, -0.05) is 0 Å². The molecule has 0 radical (unpaired) electrons. The summed E-state index contributed by atoms with van der Waals surface area (Å²) in [6, 6.07) is 3.57. The fourth-order valence-electron chi connectivity index (χ4n) is 1.83. The molecule has 0 amide bonds. The van der Waals surface area contributed by atoms with Crippen LogP contribution < -0.4 is 5.32 Å². The Kier molecular flexibility index (Phi) is 3.24. The van der Waals surface area contributed by atoms with Crippen molar-refractivity contribution in [1.29, 1.82) is 5.26 Å². The Labute approximate surface area is 99.6 Å². The van der Waals surface area contributed by atoms with E-state index in [1.54, 1.807) is 6.07 Å². The summed E-state index contributed by atoms with van der Waals surface area (Å²) < 4.78 is 22.5. The van der Waals surface area contributed by atoms with Crippen LogP contribution in [0.1, 0.15) is 12.0 Å². The Hall–Kier alpha value is -1.68. The van der Waals surface area contributed by atoms with Crippen molar-refractivity contribution < 1.29 is 8.42 Å². The van der Waals surface area contributed by atoms with Gasteiger partial charge in [0.25, 0.3) is 0 Å². The Morgan fingerprint density at radius 2 is 2.41 bits per heavy atom. The van der Waals surface area contributed by atoms with Crippen molar-refractivity contribution >= 4 is 15.7 Å². The molecule has 7 heteroatoms. The molecular weight excluding hydrogens is 240 g/mol. The number of aromatic nitrogens is 2. The highest BCUT2D eigenvalue weighted by Gasteiger charge is 2.27. The van der Waals surface area contributed by atoms with Crippen LogP contribution in [-0.2, 0) is 9.84 Å². The fraction of sp³-hybridized carbons (Fsp3) is 0.500. The van der Waals surface area contributed by atoms with Crippen molar-refractivity contribution in [2.45, 2.75) is 6.42 Å². The number of anilines is 1. The SMILES string of the molecule is N#Cc1ccnnc1NCC1CCS(=O)(=O)C1. The van der Waals surface area contributed by atoms with Crippen LogP contribution in [0, 0.1) is 17.2 Å². The molecule has 1 aromatic heterocycles. The predicted molar refractivity (Wildman–Crippen MR) is 62.0 cm³/mol. The first-order chi connectivity index (χ1) is 8.11. The molecule has 2 rings (SSSR count).